The summed E-state index contributed by atoms with van der Waals surface area (Å²) in [5.41, 5.74) is 20.7. The Labute approximate surface area is 414 Å². The van der Waals surface area contributed by atoms with E-state index in [2.05, 4.69) is 180 Å². The molecule has 7 aromatic rings. The topological polar surface area (TPSA) is 19.6 Å². The van der Waals surface area contributed by atoms with E-state index >= 15 is 0 Å². The van der Waals surface area contributed by atoms with Crippen molar-refractivity contribution >= 4 is 68.4 Å². The molecule has 0 bridgehead atoms. The number of rotatable bonds is 3. The zero-order valence-corrected chi connectivity index (χ0v) is 43.1. The zero-order valence-electron chi connectivity index (χ0n) is 48.1. The van der Waals surface area contributed by atoms with Gasteiger partial charge in [-0.1, -0.05) is 131 Å². The number of nitrogens with zero attached hydrogens (tertiary/aromatic N) is 2. The lowest BCUT2D eigenvalue weighted by Gasteiger charge is -2.46. The van der Waals surface area contributed by atoms with Crippen LogP contribution in [0.3, 0.4) is 0 Å². The first-order valence-corrected chi connectivity index (χ1v) is 25.4. The van der Waals surface area contributed by atoms with Crippen LogP contribution < -0.4 is 26.4 Å². The van der Waals surface area contributed by atoms with Gasteiger partial charge in [0.1, 0.15) is 5.58 Å². The highest BCUT2D eigenvalue weighted by atomic mass is 16.3. The summed E-state index contributed by atoms with van der Waals surface area (Å²) < 4.78 is 53.3. The Hall–Kier alpha value is -5.48. The maximum atomic E-state index is 9.54. The average Bonchev–Trinajstić information content (AvgIpc) is 3.70. The Morgan fingerprint density at radius 2 is 1.00 bits per heavy atom. The van der Waals surface area contributed by atoms with Crippen molar-refractivity contribution in [2.45, 2.75) is 168 Å². The minimum atomic E-state index is -0.391. The third-order valence-corrected chi connectivity index (χ3v) is 18.0. The summed E-state index contributed by atoms with van der Waals surface area (Å²) in [6, 6.07) is 26.7. The molecule has 0 atom stereocenters. The lowest BCUT2D eigenvalue weighted by Crippen LogP contribution is -2.61. The van der Waals surface area contributed by atoms with Gasteiger partial charge in [-0.3, -0.25) is 0 Å². The van der Waals surface area contributed by atoms with Crippen LogP contribution in [0.4, 0.5) is 34.1 Å². The molecule has 346 valence electrons. The van der Waals surface area contributed by atoms with Crippen LogP contribution in [0, 0.1) is 13.8 Å². The molecule has 0 radical (unpaired) electrons. The molecule has 0 N–H and O–H groups in total. The Bertz CT molecular complexity index is 3560. The minimum Gasteiger partial charge on any atom is -0.468 e. The predicted octanol–water partition coefficient (Wildman–Crippen LogP) is 15.8. The number of anilines is 6. The van der Waals surface area contributed by atoms with Gasteiger partial charge in [0.15, 0.2) is 0 Å². The van der Waals surface area contributed by atoms with Crippen LogP contribution >= 0.6 is 0 Å². The van der Waals surface area contributed by atoms with Gasteiger partial charge in [-0.15, -0.1) is 0 Å². The smallest absolute Gasteiger partial charge is 0.297 e. The summed E-state index contributed by atoms with van der Waals surface area (Å²) in [5.74, 6) is 0. The quantitative estimate of drug-likeness (QED) is 0.165. The number of hydrogen-bond acceptors (Lipinski definition) is 3. The standard InChI is InChI=1S/C64H71BN2O/c1-38-20-23-50-52(30-38)67(51-36-48-46(61(7,8)26-28-63(48,11)12)34-42(51)40-18-16-15-17-19-40)54-32-39(2)31-53-56(54)65(50)58-57(43-35-47-49(37-55(43)68-58)64(13,14)29-27-62(47,9)10)66(53)41-21-22-44-45(33-41)60(5,6)25-24-59(44,3)4/h15-23,30-37H,24-29H2,1-14H3/i15D,16D,17D,18D,19D. The van der Waals surface area contributed by atoms with Crippen molar-refractivity contribution in [3.8, 4) is 11.1 Å². The molecule has 0 saturated heterocycles. The number of hydrogen-bond donors (Lipinski definition) is 0. The molecule has 3 nitrogen and oxygen atoms in total. The fraction of sp³-hybridized carbons (Fsp3) is 0.406. The van der Waals surface area contributed by atoms with Gasteiger partial charge in [0.25, 0.3) is 6.71 Å². The SMILES string of the molecule is [2H]c1c([2H])c([2H])c(-c2cc3c(cc2N2c4cc(C)ccc4B4c5oc6cc7c(cc6c5N(c5ccc6c(c5)C(C)(C)CCC6(C)C)c5cc(C)cc2c54)C(C)(C)CCC7(C)C)C(C)(C)CCC3(C)C)c([2H])c1[2H]. The van der Waals surface area contributed by atoms with E-state index < -0.39 is 6.04 Å². The Balaban J connectivity index is 1.22. The predicted molar refractivity (Wildman–Crippen MR) is 291 cm³/mol. The van der Waals surface area contributed by atoms with E-state index in [-0.39, 0.29) is 68.9 Å². The second kappa shape index (κ2) is 14.1. The normalized spacial score (nSPS) is 21.5. The molecule has 12 rings (SSSR count). The third kappa shape index (κ3) is 6.23. The zero-order chi connectivity index (χ0) is 52.2. The van der Waals surface area contributed by atoms with Gasteiger partial charge in [-0.25, -0.2) is 0 Å². The summed E-state index contributed by atoms with van der Waals surface area (Å²) in [5, 5.41) is 1.13. The van der Waals surface area contributed by atoms with Crippen molar-refractivity contribution in [1.82, 2.24) is 0 Å². The molecule has 4 heteroatoms. The summed E-state index contributed by atoms with van der Waals surface area (Å²) in [6.07, 6.45) is 6.41. The van der Waals surface area contributed by atoms with Crippen LogP contribution in [0.25, 0.3) is 22.1 Å². The average molecular weight is 900 g/mol. The Morgan fingerprint density at radius 1 is 0.485 bits per heavy atom. The van der Waals surface area contributed by atoms with Gasteiger partial charge < -0.3 is 14.2 Å². The minimum absolute atomic E-state index is 0.0117. The molecule has 3 heterocycles. The van der Waals surface area contributed by atoms with Gasteiger partial charge >= 0.3 is 0 Å². The van der Waals surface area contributed by atoms with Crippen molar-refractivity contribution in [3.63, 3.8) is 0 Å². The van der Waals surface area contributed by atoms with Gasteiger partial charge in [-0.05, 0) is 200 Å². The summed E-state index contributed by atoms with van der Waals surface area (Å²) in [6.45, 7) is 32.5. The lowest BCUT2D eigenvalue weighted by atomic mass is 9.35. The molecular weight excluding hydrogens is 824 g/mol. The van der Waals surface area contributed by atoms with E-state index in [1.54, 1.807) is 0 Å². The summed E-state index contributed by atoms with van der Waals surface area (Å²) in [4.78, 5) is 4.91. The maximum Gasteiger partial charge on any atom is 0.297 e. The molecule has 68 heavy (non-hydrogen) atoms. The van der Waals surface area contributed by atoms with E-state index in [1.807, 2.05) is 0 Å². The first-order valence-electron chi connectivity index (χ1n) is 27.9. The lowest BCUT2D eigenvalue weighted by molar-refractivity contribution is 0.332. The van der Waals surface area contributed by atoms with E-state index in [9.17, 15) is 2.74 Å². The highest BCUT2D eigenvalue weighted by Crippen LogP contribution is 2.56. The van der Waals surface area contributed by atoms with E-state index in [0.29, 0.717) is 5.56 Å². The molecule has 0 amide bonds. The molecule has 6 aromatic carbocycles. The first-order chi connectivity index (χ1) is 34.0. The molecule has 1 aromatic heterocycles. The van der Waals surface area contributed by atoms with Crippen molar-refractivity contribution < 1.29 is 11.3 Å². The van der Waals surface area contributed by atoms with Gasteiger partial charge in [0, 0.05) is 33.7 Å². The van der Waals surface area contributed by atoms with Crippen LogP contribution in [-0.2, 0) is 32.5 Å². The van der Waals surface area contributed by atoms with E-state index in [4.69, 9.17) is 8.53 Å². The van der Waals surface area contributed by atoms with E-state index in [1.165, 1.54) is 27.8 Å². The largest absolute Gasteiger partial charge is 0.468 e. The van der Waals surface area contributed by atoms with Crippen molar-refractivity contribution in [1.29, 1.82) is 0 Å². The van der Waals surface area contributed by atoms with Gasteiger partial charge in [0.2, 0.25) is 0 Å². The third-order valence-electron chi connectivity index (χ3n) is 18.0. The van der Waals surface area contributed by atoms with Crippen LogP contribution in [-0.4, -0.2) is 6.71 Å². The molecule has 2 aliphatic heterocycles. The Morgan fingerprint density at radius 3 is 1.62 bits per heavy atom. The fourth-order valence-corrected chi connectivity index (χ4v) is 13.4. The number of fused-ring (bicyclic) bond motifs is 9. The second-order valence-corrected chi connectivity index (χ2v) is 25.5. The second-order valence-electron chi connectivity index (χ2n) is 25.5. The molecule has 0 saturated carbocycles. The highest BCUT2D eigenvalue weighted by Gasteiger charge is 2.49. The Kier molecular flexibility index (Phi) is 7.95. The molecule has 0 fully saturated rings. The molecule has 0 unspecified atom stereocenters. The van der Waals surface area contributed by atoms with Crippen molar-refractivity contribution in [2.24, 2.45) is 0 Å². The molecule has 5 aliphatic rings. The number of aryl methyl sites for hydroxylation is 2. The summed E-state index contributed by atoms with van der Waals surface area (Å²) in [7, 11) is 0. The highest BCUT2D eigenvalue weighted by molar-refractivity contribution is 7.00. The van der Waals surface area contributed by atoms with Crippen LogP contribution in [0.5, 0.6) is 0 Å². The van der Waals surface area contributed by atoms with Gasteiger partial charge in [-0.2, -0.15) is 0 Å². The summed E-state index contributed by atoms with van der Waals surface area (Å²) >= 11 is 0. The van der Waals surface area contributed by atoms with Crippen LogP contribution in [0.1, 0.15) is 173 Å². The van der Waals surface area contributed by atoms with Crippen molar-refractivity contribution in [3.05, 3.63) is 148 Å². The van der Waals surface area contributed by atoms with Crippen molar-refractivity contribution in [2.75, 3.05) is 9.80 Å². The first kappa shape index (κ1) is 38.4. The monoisotopic (exact) mass is 900 g/mol. The number of furan rings is 1. The van der Waals surface area contributed by atoms with Crippen LogP contribution in [0.15, 0.2) is 107 Å². The van der Waals surface area contributed by atoms with Gasteiger partial charge in [0.05, 0.1) is 23.9 Å². The molecule has 0 spiro atoms. The molecular formula is C64H71BN2O. The molecule has 3 aliphatic carbocycles. The number of benzene rings is 6. The van der Waals surface area contributed by atoms with Crippen LogP contribution in [0.2, 0.25) is 0 Å². The maximum absolute atomic E-state index is 9.54. The van der Waals surface area contributed by atoms with E-state index in [0.717, 1.165) is 117 Å². The fourth-order valence-electron chi connectivity index (χ4n) is 13.4.